The quantitative estimate of drug-likeness (QED) is 0.345. The topological polar surface area (TPSA) is 107 Å². The molecule has 2 aromatic rings. The van der Waals surface area contributed by atoms with E-state index in [0.717, 1.165) is 42.6 Å². The predicted octanol–water partition coefficient (Wildman–Crippen LogP) is 3.94. The Morgan fingerprint density at radius 2 is 1.92 bits per heavy atom. The summed E-state index contributed by atoms with van der Waals surface area (Å²) in [5.74, 6) is -0.250. The van der Waals surface area contributed by atoms with Crippen LogP contribution >= 0.6 is 0 Å². The van der Waals surface area contributed by atoms with Gasteiger partial charge in [0.25, 0.3) is 0 Å². The molecule has 1 saturated heterocycles. The second-order valence-corrected chi connectivity index (χ2v) is 9.24. The van der Waals surface area contributed by atoms with Crippen molar-refractivity contribution in [1.82, 2.24) is 4.90 Å². The van der Waals surface area contributed by atoms with E-state index in [4.69, 9.17) is 4.74 Å². The highest BCUT2D eigenvalue weighted by molar-refractivity contribution is 6.71. The van der Waals surface area contributed by atoms with Crippen LogP contribution in [-0.2, 0) is 14.3 Å². The number of nitrogens with zero attached hydrogens (tertiary/aromatic N) is 4. The zero-order valence-corrected chi connectivity index (χ0v) is 21.2. The van der Waals surface area contributed by atoms with E-state index in [0.29, 0.717) is 30.2 Å². The van der Waals surface area contributed by atoms with Gasteiger partial charge in [0.15, 0.2) is 5.71 Å². The lowest BCUT2D eigenvalue weighted by molar-refractivity contribution is -0.144. The lowest BCUT2D eigenvalue weighted by Crippen LogP contribution is -2.37. The first-order valence-electron chi connectivity index (χ1n) is 12.3. The van der Waals surface area contributed by atoms with E-state index in [9.17, 15) is 14.7 Å². The molecule has 2 heterocycles. The molecule has 9 nitrogen and oxygen atoms in total. The number of rotatable bonds is 7. The number of phenolic OH excluding ortho intramolecular Hbond substituents is 1. The number of likely N-dealkylation sites (tertiary alicyclic amines) is 1. The van der Waals surface area contributed by atoms with Gasteiger partial charge in [0.05, 0.1) is 30.2 Å². The third kappa shape index (κ3) is 5.41. The molecule has 0 radical (unpaired) electrons. The van der Waals surface area contributed by atoms with E-state index in [1.807, 2.05) is 44.2 Å². The molecule has 0 spiro atoms. The van der Waals surface area contributed by atoms with Crippen molar-refractivity contribution in [1.29, 1.82) is 0 Å². The summed E-state index contributed by atoms with van der Waals surface area (Å²) in [6.45, 7) is 9.72. The van der Waals surface area contributed by atoms with E-state index in [1.165, 1.54) is 5.01 Å². The van der Waals surface area contributed by atoms with Crippen molar-refractivity contribution in [2.24, 2.45) is 10.2 Å². The van der Waals surface area contributed by atoms with Crippen LogP contribution in [0.15, 0.2) is 46.6 Å². The molecule has 0 atom stereocenters. The van der Waals surface area contributed by atoms with Crippen LogP contribution in [0.2, 0.25) is 0 Å². The summed E-state index contributed by atoms with van der Waals surface area (Å²) >= 11 is 0. The number of aromatic hydroxyl groups is 1. The molecule has 2 aliphatic rings. The maximum Gasteiger partial charge on any atom is 0.320 e. The van der Waals surface area contributed by atoms with Gasteiger partial charge in [-0.05, 0) is 94.4 Å². The number of amides is 1. The average molecular weight is 492 g/mol. The maximum atomic E-state index is 13.0. The fraction of sp³-hybridized carbons (Fsp3) is 0.407. The van der Waals surface area contributed by atoms with Gasteiger partial charge in [-0.3, -0.25) is 19.9 Å². The molecular formula is C27H33N5O4. The number of piperidine rings is 1. The number of phenols is 1. The van der Waals surface area contributed by atoms with Crippen LogP contribution in [0.1, 0.15) is 49.3 Å². The summed E-state index contributed by atoms with van der Waals surface area (Å²) in [5, 5.41) is 21.0. The van der Waals surface area contributed by atoms with Gasteiger partial charge >= 0.3 is 11.9 Å². The number of carbonyl (C=O) groups is 2. The number of anilines is 2. The minimum absolute atomic E-state index is 0.122. The maximum absolute atomic E-state index is 13.0. The van der Waals surface area contributed by atoms with Crippen molar-refractivity contribution in [3.05, 3.63) is 53.1 Å². The number of aryl methyl sites for hydroxylation is 2. The molecule has 0 unspecified atom stereocenters. The standard InChI is InChI=1S/C27H33N5O4/c1-5-36-24(33)16-31-13-11-20(12-14-31)22-7-6-8-23(26(22)34)28-29-25-19(4)30-32(27(25)35)21-10-9-17(2)18(3)15-21/h6-10,15,20,28,34H,5,11-14,16H2,1-4H3. The summed E-state index contributed by atoms with van der Waals surface area (Å²) in [6, 6.07) is 11.2. The molecule has 4 rings (SSSR count). The number of hydrazone groups is 2. The largest absolute Gasteiger partial charge is 0.505 e. The van der Waals surface area contributed by atoms with Gasteiger partial charge in [-0.2, -0.15) is 15.2 Å². The van der Waals surface area contributed by atoms with Crippen molar-refractivity contribution in [2.75, 3.05) is 36.7 Å². The number of esters is 1. The Morgan fingerprint density at radius 1 is 1.17 bits per heavy atom. The van der Waals surface area contributed by atoms with Gasteiger partial charge in [-0.15, -0.1) is 0 Å². The minimum Gasteiger partial charge on any atom is -0.505 e. The fourth-order valence-electron chi connectivity index (χ4n) is 4.55. The van der Waals surface area contributed by atoms with Gasteiger partial charge in [-0.1, -0.05) is 18.2 Å². The number of nitrogens with one attached hydrogen (secondary N) is 1. The number of para-hydroxylation sites is 1. The smallest absolute Gasteiger partial charge is 0.320 e. The van der Waals surface area contributed by atoms with Gasteiger partial charge in [0, 0.05) is 0 Å². The highest BCUT2D eigenvalue weighted by Crippen LogP contribution is 2.38. The molecule has 190 valence electrons. The molecule has 2 aliphatic heterocycles. The zero-order valence-electron chi connectivity index (χ0n) is 21.2. The molecule has 0 aliphatic carbocycles. The van der Waals surface area contributed by atoms with Gasteiger partial charge < -0.3 is 9.84 Å². The monoisotopic (exact) mass is 491 g/mol. The molecule has 0 aromatic heterocycles. The first kappa shape index (κ1) is 25.4. The Kier molecular flexibility index (Phi) is 7.69. The van der Waals surface area contributed by atoms with Crippen LogP contribution in [0.25, 0.3) is 0 Å². The normalized spacial score (nSPS) is 18.0. The summed E-state index contributed by atoms with van der Waals surface area (Å²) in [6.07, 6.45) is 1.64. The molecule has 0 saturated carbocycles. The van der Waals surface area contributed by atoms with Crippen LogP contribution in [0.5, 0.6) is 5.75 Å². The van der Waals surface area contributed by atoms with Crippen LogP contribution in [0.3, 0.4) is 0 Å². The van der Waals surface area contributed by atoms with Crippen LogP contribution in [0.4, 0.5) is 11.4 Å². The molecule has 2 N–H and O–H groups in total. The number of benzene rings is 2. The fourth-order valence-corrected chi connectivity index (χ4v) is 4.55. The van der Waals surface area contributed by atoms with Gasteiger partial charge in [0.2, 0.25) is 0 Å². The molecule has 1 amide bonds. The van der Waals surface area contributed by atoms with E-state index in [1.54, 1.807) is 19.9 Å². The second kappa shape index (κ2) is 10.9. The molecule has 0 bridgehead atoms. The Morgan fingerprint density at radius 3 is 2.61 bits per heavy atom. The van der Waals surface area contributed by atoms with Crippen LogP contribution in [0, 0.1) is 13.8 Å². The number of carbonyl (C=O) groups excluding carboxylic acids is 2. The van der Waals surface area contributed by atoms with Crippen LogP contribution in [-0.4, -0.2) is 59.5 Å². The molecule has 1 fully saturated rings. The predicted molar refractivity (Wildman–Crippen MR) is 141 cm³/mol. The van der Waals surface area contributed by atoms with Crippen molar-refractivity contribution < 1.29 is 19.4 Å². The van der Waals surface area contributed by atoms with E-state index < -0.39 is 0 Å². The third-order valence-corrected chi connectivity index (χ3v) is 6.76. The summed E-state index contributed by atoms with van der Waals surface area (Å²) in [5.41, 5.74) is 7.73. The molecule has 2 aromatic carbocycles. The number of hydrogen-bond donors (Lipinski definition) is 2. The first-order chi connectivity index (χ1) is 17.3. The Hall–Kier alpha value is -3.72. The average Bonchev–Trinajstić information content (AvgIpc) is 3.14. The lowest BCUT2D eigenvalue weighted by Gasteiger charge is -2.31. The van der Waals surface area contributed by atoms with Gasteiger partial charge in [0.1, 0.15) is 5.75 Å². The van der Waals surface area contributed by atoms with E-state index in [2.05, 4.69) is 20.5 Å². The highest BCUT2D eigenvalue weighted by atomic mass is 16.5. The molecular weight excluding hydrogens is 458 g/mol. The highest BCUT2D eigenvalue weighted by Gasteiger charge is 2.31. The summed E-state index contributed by atoms with van der Waals surface area (Å²) in [4.78, 5) is 26.9. The van der Waals surface area contributed by atoms with Crippen molar-refractivity contribution in [3.63, 3.8) is 0 Å². The summed E-state index contributed by atoms with van der Waals surface area (Å²) in [7, 11) is 0. The Labute approximate surface area is 211 Å². The Bertz CT molecular complexity index is 1210. The minimum atomic E-state index is -0.326. The number of hydrogen-bond acceptors (Lipinski definition) is 8. The molecule has 9 heteroatoms. The van der Waals surface area contributed by atoms with Gasteiger partial charge in [-0.25, -0.2) is 0 Å². The van der Waals surface area contributed by atoms with Crippen molar-refractivity contribution in [3.8, 4) is 5.75 Å². The number of ether oxygens (including phenoxy) is 1. The molecule has 36 heavy (non-hydrogen) atoms. The lowest BCUT2D eigenvalue weighted by atomic mass is 9.88. The first-order valence-corrected chi connectivity index (χ1v) is 12.3. The Balaban J connectivity index is 1.43. The zero-order chi connectivity index (χ0) is 25.8. The van der Waals surface area contributed by atoms with Crippen LogP contribution < -0.4 is 10.4 Å². The third-order valence-electron chi connectivity index (χ3n) is 6.76. The second-order valence-electron chi connectivity index (χ2n) is 9.24. The summed E-state index contributed by atoms with van der Waals surface area (Å²) < 4.78 is 5.04. The SMILES string of the molecule is CCOC(=O)CN1CCC(c2cccc(NN=C3C(=O)N(c4ccc(C)c(C)c4)N=C3C)c2O)CC1. The van der Waals surface area contributed by atoms with E-state index >= 15 is 0 Å². The van der Waals surface area contributed by atoms with E-state index in [-0.39, 0.29) is 29.3 Å². The van der Waals surface area contributed by atoms with Crippen molar-refractivity contribution in [2.45, 2.75) is 46.5 Å². The van der Waals surface area contributed by atoms with Crippen molar-refractivity contribution >= 4 is 34.7 Å².